The van der Waals surface area contributed by atoms with E-state index in [-0.39, 0.29) is 0 Å². The van der Waals surface area contributed by atoms with Gasteiger partial charge < -0.3 is 15.5 Å². The van der Waals surface area contributed by atoms with Gasteiger partial charge in [0.25, 0.3) is 6.20 Å². The largest absolute Gasteiger partial charge is 0.370 e. The standard InChI is InChI=1S/C9H15N5O2/c1-10-9(7-14(15)16)12-6-8-5-11-3-4-13(8)2/h3,5,7,10,12H,4,6H2,1-2H3. The zero-order chi connectivity index (χ0) is 12.0. The average molecular weight is 225 g/mol. The van der Waals surface area contributed by atoms with Gasteiger partial charge in [-0.2, -0.15) is 0 Å². The van der Waals surface area contributed by atoms with Gasteiger partial charge in [-0.3, -0.25) is 15.1 Å². The van der Waals surface area contributed by atoms with Crippen LogP contribution in [0.2, 0.25) is 0 Å². The van der Waals surface area contributed by atoms with Crippen LogP contribution in [0.4, 0.5) is 0 Å². The number of nitro groups is 1. The Kier molecular flexibility index (Phi) is 4.31. The van der Waals surface area contributed by atoms with Gasteiger partial charge in [-0.05, 0) is 0 Å². The molecule has 7 nitrogen and oxygen atoms in total. The molecule has 88 valence electrons. The summed E-state index contributed by atoms with van der Waals surface area (Å²) in [4.78, 5) is 15.8. The van der Waals surface area contributed by atoms with Crippen molar-refractivity contribution in [1.82, 2.24) is 15.5 Å². The molecule has 0 aromatic carbocycles. The Morgan fingerprint density at radius 2 is 2.56 bits per heavy atom. The van der Waals surface area contributed by atoms with Crippen LogP contribution in [0.3, 0.4) is 0 Å². The molecule has 0 saturated carbocycles. The zero-order valence-electron chi connectivity index (χ0n) is 9.30. The van der Waals surface area contributed by atoms with E-state index in [1.54, 1.807) is 19.5 Å². The average Bonchev–Trinajstić information content (AvgIpc) is 2.25. The molecule has 0 radical (unpaired) electrons. The number of rotatable bonds is 5. The Hall–Kier alpha value is -2.05. The van der Waals surface area contributed by atoms with E-state index in [2.05, 4.69) is 15.6 Å². The summed E-state index contributed by atoms with van der Waals surface area (Å²) in [7, 11) is 3.56. The number of likely N-dealkylation sites (N-methyl/N-ethyl adjacent to an activating group) is 1. The van der Waals surface area contributed by atoms with Gasteiger partial charge in [-0.15, -0.1) is 0 Å². The minimum atomic E-state index is -0.504. The van der Waals surface area contributed by atoms with Crippen LogP contribution < -0.4 is 10.6 Å². The van der Waals surface area contributed by atoms with Gasteiger partial charge >= 0.3 is 0 Å². The molecule has 1 rings (SSSR count). The third-order valence-electron chi connectivity index (χ3n) is 2.14. The van der Waals surface area contributed by atoms with Crippen molar-refractivity contribution in [3.63, 3.8) is 0 Å². The van der Waals surface area contributed by atoms with Crippen molar-refractivity contribution >= 4 is 6.21 Å². The van der Waals surface area contributed by atoms with Crippen LogP contribution in [0.15, 0.2) is 28.9 Å². The van der Waals surface area contributed by atoms with E-state index >= 15 is 0 Å². The van der Waals surface area contributed by atoms with E-state index in [4.69, 9.17) is 0 Å². The molecule has 0 saturated heterocycles. The second-order valence-corrected chi connectivity index (χ2v) is 3.26. The highest BCUT2D eigenvalue weighted by Crippen LogP contribution is 2.03. The molecule has 0 atom stereocenters. The van der Waals surface area contributed by atoms with Gasteiger partial charge in [0.1, 0.15) is 0 Å². The second kappa shape index (κ2) is 5.74. The minimum absolute atomic E-state index is 0.369. The smallest absolute Gasteiger partial charge is 0.274 e. The topological polar surface area (TPSA) is 82.8 Å². The Morgan fingerprint density at radius 1 is 1.81 bits per heavy atom. The van der Waals surface area contributed by atoms with Crippen molar-refractivity contribution in [2.45, 2.75) is 0 Å². The predicted molar refractivity (Wildman–Crippen MR) is 61.3 cm³/mol. The molecular formula is C9H15N5O2. The highest BCUT2D eigenvalue weighted by Gasteiger charge is 2.07. The molecule has 0 fully saturated rings. The summed E-state index contributed by atoms with van der Waals surface area (Å²) in [6, 6.07) is 0. The first-order valence-corrected chi connectivity index (χ1v) is 4.82. The van der Waals surface area contributed by atoms with E-state index in [0.717, 1.165) is 18.4 Å². The lowest BCUT2D eigenvalue weighted by molar-refractivity contribution is -0.404. The van der Waals surface area contributed by atoms with Gasteiger partial charge in [0, 0.05) is 26.5 Å². The van der Waals surface area contributed by atoms with Crippen LogP contribution in [0.1, 0.15) is 0 Å². The van der Waals surface area contributed by atoms with Crippen LogP contribution in [0.5, 0.6) is 0 Å². The molecule has 0 aliphatic carbocycles. The molecule has 0 amide bonds. The van der Waals surface area contributed by atoms with Crippen molar-refractivity contribution in [1.29, 1.82) is 0 Å². The molecule has 0 spiro atoms. The first-order chi connectivity index (χ1) is 7.63. The summed E-state index contributed by atoms with van der Waals surface area (Å²) in [6.45, 7) is 1.25. The number of hydrogen-bond acceptors (Lipinski definition) is 6. The van der Waals surface area contributed by atoms with E-state index in [1.165, 1.54) is 0 Å². The fraction of sp³-hybridized carbons (Fsp3) is 0.444. The maximum absolute atomic E-state index is 10.3. The quantitative estimate of drug-likeness (QED) is 0.497. The van der Waals surface area contributed by atoms with Crippen molar-refractivity contribution in [2.24, 2.45) is 4.99 Å². The molecule has 7 heteroatoms. The molecule has 0 aromatic rings. The van der Waals surface area contributed by atoms with Gasteiger partial charge in [-0.25, -0.2) is 0 Å². The molecule has 16 heavy (non-hydrogen) atoms. The highest BCUT2D eigenvalue weighted by molar-refractivity contribution is 5.62. The SMILES string of the molecule is CNC(=C[N+](=O)[O-])NCC1=CN=CCN1C. The summed E-state index contributed by atoms with van der Waals surface area (Å²) in [5.74, 6) is 0.369. The number of nitrogens with zero attached hydrogens (tertiary/aromatic N) is 3. The molecule has 0 bridgehead atoms. The lowest BCUT2D eigenvalue weighted by Crippen LogP contribution is -2.32. The Labute approximate surface area is 93.7 Å². The van der Waals surface area contributed by atoms with E-state index in [0.29, 0.717) is 12.4 Å². The van der Waals surface area contributed by atoms with Crippen molar-refractivity contribution in [3.05, 3.63) is 34.0 Å². The van der Waals surface area contributed by atoms with Gasteiger partial charge in [-0.1, -0.05) is 0 Å². The fourth-order valence-corrected chi connectivity index (χ4v) is 1.19. The molecule has 1 aliphatic rings. The van der Waals surface area contributed by atoms with Gasteiger partial charge in [0.05, 0.1) is 23.7 Å². The van der Waals surface area contributed by atoms with Crippen LogP contribution in [0, 0.1) is 10.1 Å². The summed E-state index contributed by atoms with van der Waals surface area (Å²) >= 11 is 0. The first-order valence-electron chi connectivity index (χ1n) is 4.82. The van der Waals surface area contributed by atoms with Gasteiger partial charge in [0.2, 0.25) is 0 Å². The highest BCUT2D eigenvalue weighted by atomic mass is 16.6. The molecule has 0 aromatic heterocycles. The second-order valence-electron chi connectivity index (χ2n) is 3.26. The Bertz CT molecular complexity index is 348. The number of aliphatic imine (C=N–C) groups is 1. The maximum atomic E-state index is 10.3. The predicted octanol–water partition coefficient (Wildman–Crippen LogP) is -0.271. The number of nitrogens with one attached hydrogen (secondary N) is 2. The van der Waals surface area contributed by atoms with Crippen LogP contribution in [0.25, 0.3) is 0 Å². The molecule has 1 aliphatic heterocycles. The molecular weight excluding hydrogens is 210 g/mol. The summed E-state index contributed by atoms with van der Waals surface area (Å²) in [5.41, 5.74) is 0.979. The van der Waals surface area contributed by atoms with Crippen molar-refractivity contribution in [3.8, 4) is 0 Å². The monoisotopic (exact) mass is 225 g/mol. The molecule has 0 unspecified atom stereocenters. The van der Waals surface area contributed by atoms with Crippen LogP contribution in [-0.2, 0) is 0 Å². The maximum Gasteiger partial charge on any atom is 0.274 e. The Balaban J connectivity index is 2.52. The van der Waals surface area contributed by atoms with E-state index < -0.39 is 4.92 Å². The Morgan fingerprint density at radius 3 is 3.12 bits per heavy atom. The van der Waals surface area contributed by atoms with Crippen molar-refractivity contribution in [2.75, 3.05) is 27.2 Å². The summed E-state index contributed by atoms with van der Waals surface area (Å²) in [5, 5.41) is 15.9. The normalized spacial score (nSPS) is 15.8. The third kappa shape index (κ3) is 3.60. The van der Waals surface area contributed by atoms with Crippen molar-refractivity contribution < 1.29 is 4.92 Å². The third-order valence-corrected chi connectivity index (χ3v) is 2.14. The summed E-state index contributed by atoms with van der Waals surface area (Å²) < 4.78 is 0. The van der Waals surface area contributed by atoms with E-state index in [9.17, 15) is 10.1 Å². The lowest BCUT2D eigenvalue weighted by atomic mass is 10.3. The zero-order valence-corrected chi connectivity index (χ0v) is 9.30. The lowest BCUT2D eigenvalue weighted by Gasteiger charge is -2.23. The van der Waals surface area contributed by atoms with Crippen LogP contribution in [-0.4, -0.2) is 43.2 Å². The van der Waals surface area contributed by atoms with Crippen LogP contribution >= 0.6 is 0 Å². The molecule has 2 N–H and O–H groups in total. The summed E-state index contributed by atoms with van der Waals surface area (Å²) in [6.07, 6.45) is 4.43. The van der Waals surface area contributed by atoms with E-state index in [1.807, 2.05) is 11.9 Å². The minimum Gasteiger partial charge on any atom is -0.370 e. The first kappa shape index (κ1) is 12.0. The molecule has 1 heterocycles. The fourth-order valence-electron chi connectivity index (χ4n) is 1.19. The number of hydrogen-bond donors (Lipinski definition) is 2. The van der Waals surface area contributed by atoms with Gasteiger partial charge in [0.15, 0.2) is 5.82 Å².